The largest absolute Gasteiger partial charge is 0.260 e. The second kappa shape index (κ2) is 7.53. The van der Waals surface area contributed by atoms with Crippen molar-refractivity contribution in [3.63, 3.8) is 0 Å². The van der Waals surface area contributed by atoms with Crippen molar-refractivity contribution in [3.05, 3.63) is 64.7 Å². The third-order valence-corrected chi connectivity index (χ3v) is 3.59. The molecule has 112 valence electrons. The number of nitrogens with zero attached hydrogens (tertiary/aromatic N) is 2. The first-order chi connectivity index (χ1) is 10.6. The summed E-state index contributed by atoms with van der Waals surface area (Å²) in [5, 5.41) is 0. The van der Waals surface area contributed by atoms with E-state index in [4.69, 9.17) is 0 Å². The zero-order valence-corrected chi connectivity index (χ0v) is 13.7. The number of rotatable bonds is 4. The number of aryl methyl sites for hydroxylation is 4. The van der Waals surface area contributed by atoms with Gasteiger partial charge in [0.1, 0.15) is 0 Å². The van der Waals surface area contributed by atoms with Crippen molar-refractivity contribution in [2.24, 2.45) is 9.98 Å². The highest BCUT2D eigenvalue weighted by Crippen LogP contribution is 2.23. The lowest BCUT2D eigenvalue weighted by atomic mass is 10.1. The van der Waals surface area contributed by atoms with Gasteiger partial charge in [0.15, 0.2) is 0 Å². The minimum absolute atomic E-state index is 0.724. The number of hydrogen-bond acceptors (Lipinski definition) is 2. The van der Waals surface area contributed by atoms with Gasteiger partial charge in [-0.2, -0.15) is 0 Å². The maximum Gasteiger partial charge on any atom is 0.0787 e. The summed E-state index contributed by atoms with van der Waals surface area (Å²) in [7, 11) is 0. The maximum atomic E-state index is 4.55. The van der Waals surface area contributed by atoms with Gasteiger partial charge in [0, 0.05) is 12.6 Å². The van der Waals surface area contributed by atoms with Crippen molar-refractivity contribution in [2.75, 3.05) is 0 Å². The highest BCUT2D eigenvalue weighted by atomic mass is 14.7. The monoisotopic (exact) mass is 290 g/mol. The normalized spacial score (nSPS) is 10.5. The maximum absolute atomic E-state index is 4.55. The average Bonchev–Trinajstić information content (AvgIpc) is 2.47. The summed E-state index contributed by atoms with van der Waals surface area (Å²) in [6.45, 7) is 8.29. The molecule has 22 heavy (non-hydrogen) atoms. The van der Waals surface area contributed by atoms with E-state index in [9.17, 15) is 0 Å². The van der Waals surface area contributed by atoms with Gasteiger partial charge in [-0.3, -0.25) is 4.99 Å². The van der Waals surface area contributed by atoms with E-state index in [1.54, 1.807) is 0 Å². The third-order valence-electron chi connectivity index (χ3n) is 3.59. The Hall–Kier alpha value is -2.44. The molecule has 0 aromatic heterocycles. The van der Waals surface area contributed by atoms with Crippen molar-refractivity contribution in [2.45, 2.75) is 34.1 Å². The molecule has 0 unspecified atom stereocenters. The Balaban J connectivity index is 2.04. The quantitative estimate of drug-likeness (QED) is 0.658. The average molecular weight is 290 g/mol. The Morgan fingerprint density at radius 3 is 1.86 bits per heavy atom. The highest BCUT2D eigenvalue weighted by molar-refractivity contribution is 5.71. The van der Waals surface area contributed by atoms with Crippen molar-refractivity contribution in [1.82, 2.24) is 0 Å². The van der Waals surface area contributed by atoms with Gasteiger partial charge in [0.25, 0.3) is 0 Å². The molecule has 0 saturated heterocycles. The molecule has 0 saturated carbocycles. The van der Waals surface area contributed by atoms with Crippen molar-refractivity contribution >= 4 is 23.5 Å². The minimum Gasteiger partial charge on any atom is -0.260 e. The molecule has 0 atom stereocenters. The lowest BCUT2D eigenvalue weighted by Gasteiger charge is -2.02. The van der Waals surface area contributed by atoms with Gasteiger partial charge >= 0.3 is 0 Å². The molecule has 2 heteroatoms. The summed E-state index contributed by atoms with van der Waals surface area (Å²) in [6, 6.07) is 12.4. The van der Waals surface area contributed by atoms with Gasteiger partial charge in [-0.1, -0.05) is 36.4 Å². The number of hydrogen-bond donors (Lipinski definition) is 0. The molecule has 2 aromatic rings. The number of allylic oxidation sites excluding steroid dienone is 1. The van der Waals surface area contributed by atoms with Crippen molar-refractivity contribution < 1.29 is 0 Å². The predicted molar refractivity (Wildman–Crippen MR) is 96.3 cm³/mol. The van der Waals surface area contributed by atoms with Gasteiger partial charge in [-0.15, -0.1) is 0 Å². The molecule has 0 heterocycles. The summed E-state index contributed by atoms with van der Waals surface area (Å²) < 4.78 is 0. The van der Waals surface area contributed by atoms with E-state index in [2.05, 4.69) is 73.9 Å². The molecule has 0 radical (unpaired) electrons. The van der Waals surface area contributed by atoms with E-state index in [1.807, 2.05) is 18.4 Å². The molecule has 0 fully saturated rings. The predicted octanol–water partition coefficient (Wildman–Crippen LogP) is 5.57. The van der Waals surface area contributed by atoms with Crippen LogP contribution in [-0.2, 0) is 0 Å². The lowest BCUT2D eigenvalue weighted by molar-refractivity contribution is 1.32. The minimum atomic E-state index is 0.724. The zero-order chi connectivity index (χ0) is 15.9. The molecule has 0 bridgehead atoms. The zero-order valence-electron chi connectivity index (χ0n) is 13.7. The van der Waals surface area contributed by atoms with Gasteiger partial charge in [0.05, 0.1) is 11.4 Å². The smallest absolute Gasteiger partial charge is 0.0787 e. The molecular weight excluding hydrogens is 268 g/mol. The fraction of sp³-hybridized carbons (Fsp3) is 0.250. The van der Waals surface area contributed by atoms with Crippen LogP contribution < -0.4 is 0 Å². The van der Waals surface area contributed by atoms with Crippen LogP contribution >= 0.6 is 0 Å². The first-order valence-corrected chi connectivity index (χ1v) is 7.52. The fourth-order valence-electron chi connectivity index (χ4n) is 2.35. The SMILES string of the molecule is Cc1cccc(C)c1N=C=CCC=Nc1c(C)cccc1C. The van der Waals surface area contributed by atoms with Gasteiger partial charge < -0.3 is 0 Å². The standard InChI is InChI=1S/C20H22N2/c1-15-9-7-10-16(2)19(15)21-13-5-6-14-22-20-17(3)11-8-12-18(20)4/h5,7-12,14H,6H2,1-4H3. The Morgan fingerprint density at radius 1 is 0.818 bits per heavy atom. The highest BCUT2D eigenvalue weighted by Gasteiger charge is 1.98. The summed E-state index contributed by atoms with van der Waals surface area (Å²) >= 11 is 0. The first kappa shape index (κ1) is 15.9. The summed E-state index contributed by atoms with van der Waals surface area (Å²) in [6.07, 6.45) is 4.54. The van der Waals surface area contributed by atoms with Crippen molar-refractivity contribution in [1.29, 1.82) is 0 Å². The van der Waals surface area contributed by atoms with Crippen LogP contribution in [0.15, 0.2) is 52.5 Å². The van der Waals surface area contributed by atoms with Crippen LogP contribution in [0.3, 0.4) is 0 Å². The van der Waals surface area contributed by atoms with Crippen LogP contribution in [0.25, 0.3) is 0 Å². The second-order valence-electron chi connectivity index (χ2n) is 5.47. The second-order valence-corrected chi connectivity index (χ2v) is 5.47. The van der Waals surface area contributed by atoms with Crippen LogP contribution in [0.4, 0.5) is 11.4 Å². The van der Waals surface area contributed by atoms with E-state index in [0.29, 0.717) is 0 Å². The Morgan fingerprint density at radius 2 is 1.32 bits per heavy atom. The van der Waals surface area contributed by atoms with Crippen LogP contribution in [0.5, 0.6) is 0 Å². The van der Waals surface area contributed by atoms with Crippen LogP contribution in [0, 0.1) is 27.7 Å². The topological polar surface area (TPSA) is 24.7 Å². The summed E-state index contributed by atoms with van der Waals surface area (Å²) in [5.41, 5.74) is 6.80. The van der Waals surface area contributed by atoms with E-state index >= 15 is 0 Å². The molecule has 2 aromatic carbocycles. The van der Waals surface area contributed by atoms with E-state index in [1.165, 1.54) is 22.3 Å². The Bertz CT molecular complexity index is 708. The number of aliphatic imine (C=N–C) groups is 2. The van der Waals surface area contributed by atoms with Gasteiger partial charge in [0.2, 0.25) is 0 Å². The fourth-order valence-corrected chi connectivity index (χ4v) is 2.35. The molecular formula is C20H22N2. The van der Waals surface area contributed by atoms with Crippen LogP contribution in [-0.4, -0.2) is 12.1 Å². The van der Waals surface area contributed by atoms with E-state index in [-0.39, 0.29) is 0 Å². The van der Waals surface area contributed by atoms with Gasteiger partial charge in [-0.05, 0) is 61.9 Å². The van der Waals surface area contributed by atoms with E-state index in [0.717, 1.165) is 17.8 Å². The van der Waals surface area contributed by atoms with Crippen LogP contribution in [0.2, 0.25) is 0 Å². The lowest BCUT2D eigenvalue weighted by Crippen LogP contribution is -1.81. The number of para-hydroxylation sites is 2. The van der Waals surface area contributed by atoms with Crippen LogP contribution in [0.1, 0.15) is 28.7 Å². The Kier molecular flexibility index (Phi) is 5.46. The molecule has 0 aliphatic carbocycles. The summed E-state index contributed by atoms with van der Waals surface area (Å²) in [5.74, 6) is 3.01. The molecule has 0 aliphatic heterocycles. The van der Waals surface area contributed by atoms with Crippen molar-refractivity contribution in [3.8, 4) is 0 Å². The number of benzene rings is 2. The van der Waals surface area contributed by atoms with E-state index < -0.39 is 0 Å². The molecule has 2 rings (SSSR count). The first-order valence-electron chi connectivity index (χ1n) is 7.52. The molecule has 0 amide bonds. The molecule has 0 aliphatic rings. The Labute approximate surface area is 133 Å². The third kappa shape index (κ3) is 4.03. The molecule has 2 nitrogen and oxygen atoms in total. The molecule has 0 N–H and O–H groups in total. The molecule has 0 spiro atoms. The summed E-state index contributed by atoms with van der Waals surface area (Å²) in [4.78, 5) is 8.96. The van der Waals surface area contributed by atoms with Gasteiger partial charge in [-0.25, -0.2) is 4.99 Å².